The van der Waals surface area contributed by atoms with Gasteiger partial charge in [0.15, 0.2) is 11.5 Å². The van der Waals surface area contributed by atoms with E-state index in [2.05, 4.69) is 46.7 Å². The molecule has 0 atom stereocenters. The van der Waals surface area contributed by atoms with Crippen LogP contribution in [-0.2, 0) is 6.54 Å². The van der Waals surface area contributed by atoms with Gasteiger partial charge in [0.25, 0.3) is 0 Å². The van der Waals surface area contributed by atoms with E-state index >= 15 is 0 Å². The second-order valence-electron chi connectivity index (χ2n) is 7.18. The second-order valence-corrected chi connectivity index (χ2v) is 7.18. The van der Waals surface area contributed by atoms with Gasteiger partial charge >= 0.3 is 0 Å². The molecule has 5 aromatic rings. The van der Waals surface area contributed by atoms with Crippen LogP contribution in [0.3, 0.4) is 0 Å². The molecule has 0 aliphatic rings. The molecule has 6 heteroatoms. The van der Waals surface area contributed by atoms with Crippen LogP contribution in [0, 0.1) is 6.92 Å². The van der Waals surface area contributed by atoms with Crippen molar-refractivity contribution in [3.8, 4) is 17.1 Å². The second kappa shape index (κ2) is 7.48. The zero-order valence-electron chi connectivity index (χ0n) is 16.8. The number of fused-ring (bicyclic) bond motifs is 3. The number of hydrogen-bond donors (Lipinski definition) is 1. The fourth-order valence-electron chi connectivity index (χ4n) is 3.65. The highest BCUT2D eigenvalue weighted by Gasteiger charge is 2.18. The molecule has 148 valence electrons. The number of nitrogens with zero attached hydrogens (tertiary/aromatic N) is 4. The van der Waals surface area contributed by atoms with E-state index in [9.17, 15) is 0 Å². The maximum absolute atomic E-state index is 5.57. The Labute approximate surface area is 174 Å². The molecule has 0 saturated heterocycles. The van der Waals surface area contributed by atoms with Crippen molar-refractivity contribution in [2.75, 3.05) is 12.4 Å². The van der Waals surface area contributed by atoms with Crippen LogP contribution in [0.25, 0.3) is 27.9 Å². The number of aryl methyl sites for hydroxylation is 1. The van der Waals surface area contributed by atoms with Crippen LogP contribution in [0.1, 0.15) is 11.1 Å². The molecule has 5 rings (SSSR count). The molecule has 0 fully saturated rings. The summed E-state index contributed by atoms with van der Waals surface area (Å²) in [5.74, 6) is 2.12. The fraction of sp³-hybridized carbons (Fsp3) is 0.125. The number of hydrogen-bond acceptors (Lipinski definition) is 5. The average molecular weight is 395 g/mol. The third kappa shape index (κ3) is 3.12. The first kappa shape index (κ1) is 18.1. The highest BCUT2D eigenvalue weighted by molar-refractivity contribution is 5.94. The first-order valence-corrected chi connectivity index (χ1v) is 9.81. The van der Waals surface area contributed by atoms with Gasteiger partial charge in [-0.3, -0.25) is 0 Å². The molecule has 0 saturated carbocycles. The van der Waals surface area contributed by atoms with E-state index in [0.29, 0.717) is 18.3 Å². The normalized spacial score (nSPS) is 11.1. The Hall–Kier alpha value is -3.93. The number of anilines is 1. The largest absolute Gasteiger partial charge is 0.496 e. The zero-order chi connectivity index (χ0) is 20.5. The Morgan fingerprint density at radius 2 is 1.73 bits per heavy atom. The molecule has 2 aromatic heterocycles. The molecule has 3 aromatic carbocycles. The molecule has 0 radical (unpaired) electrons. The maximum atomic E-state index is 5.57. The number of ether oxygens (including phenoxy) is 1. The predicted molar refractivity (Wildman–Crippen MR) is 119 cm³/mol. The van der Waals surface area contributed by atoms with Gasteiger partial charge in [-0.2, -0.15) is 0 Å². The lowest BCUT2D eigenvalue weighted by molar-refractivity contribution is 0.416. The van der Waals surface area contributed by atoms with Gasteiger partial charge in [0.1, 0.15) is 5.75 Å². The SMILES string of the molecule is COc1ccccc1-c1nnc2c3cc(C)ccc3nc(NCc3ccccc3)n12. The van der Waals surface area contributed by atoms with E-state index < -0.39 is 0 Å². The summed E-state index contributed by atoms with van der Waals surface area (Å²) in [4.78, 5) is 4.90. The quantitative estimate of drug-likeness (QED) is 0.460. The molecule has 0 aliphatic heterocycles. The highest BCUT2D eigenvalue weighted by Crippen LogP contribution is 2.32. The summed E-state index contributed by atoms with van der Waals surface area (Å²) in [6, 6.07) is 24.2. The lowest BCUT2D eigenvalue weighted by Gasteiger charge is -2.13. The molecular weight excluding hydrogens is 374 g/mol. The van der Waals surface area contributed by atoms with Gasteiger partial charge < -0.3 is 10.1 Å². The van der Waals surface area contributed by atoms with E-state index in [1.165, 1.54) is 5.56 Å². The van der Waals surface area contributed by atoms with Crippen LogP contribution in [0.5, 0.6) is 5.75 Å². The third-order valence-electron chi connectivity index (χ3n) is 5.14. The number of aromatic nitrogens is 4. The lowest BCUT2D eigenvalue weighted by Crippen LogP contribution is -2.08. The van der Waals surface area contributed by atoms with E-state index in [0.717, 1.165) is 33.4 Å². The van der Waals surface area contributed by atoms with Gasteiger partial charge in [0, 0.05) is 11.9 Å². The molecule has 1 N–H and O–H groups in total. The van der Waals surface area contributed by atoms with Crippen molar-refractivity contribution < 1.29 is 4.74 Å². The minimum atomic E-state index is 0.643. The van der Waals surface area contributed by atoms with E-state index in [1.807, 2.05) is 52.9 Å². The smallest absolute Gasteiger partial charge is 0.211 e. The summed E-state index contributed by atoms with van der Waals surface area (Å²) in [5, 5.41) is 13.5. The Bertz CT molecular complexity index is 1340. The Kier molecular flexibility index (Phi) is 4.52. The predicted octanol–water partition coefficient (Wildman–Crippen LogP) is 4.87. The van der Waals surface area contributed by atoms with Gasteiger partial charge in [-0.05, 0) is 36.8 Å². The van der Waals surface area contributed by atoms with Crippen molar-refractivity contribution >= 4 is 22.5 Å². The molecule has 0 aliphatic carbocycles. The minimum absolute atomic E-state index is 0.643. The molecule has 0 amide bonds. The van der Waals surface area contributed by atoms with Crippen molar-refractivity contribution in [2.45, 2.75) is 13.5 Å². The standard InChI is InChI=1S/C24H21N5O/c1-16-12-13-20-19(14-16)23-28-27-22(18-10-6-7-11-21(18)30-2)29(23)24(26-20)25-15-17-8-4-3-5-9-17/h3-14H,15H2,1-2H3,(H,25,26). The molecular formula is C24H21N5O. The first-order valence-electron chi connectivity index (χ1n) is 9.81. The summed E-state index contributed by atoms with van der Waals surface area (Å²) in [5.41, 5.74) is 4.83. The van der Waals surface area contributed by atoms with Gasteiger partial charge in [0.05, 0.1) is 18.2 Å². The average Bonchev–Trinajstić information content (AvgIpc) is 3.24. The van der Waals surface area contributed by atoms with Crippen LogP contribution < -0.4 is 10.1 Å². The number of rotatable bonds is 5. The third-order valence-corrected chi connectivity index (χ3v) is 5.14. The monoisotopic (exact) mass is 395 g/mol. The number of nitrogens with one attached hydrogen (secondary N) is 1. The van der Waals surface area contributed by atoms with E-state index in [4.69, 9.17) is 9.72 Å². The van der Waals surface area contributed by atoms with Crippen LogP contribution in [0.15, 0.2) is 72.8 Å². The lowest BCUT2D eigenvalue weighted by atomic mass is 10.1. The summed E-state index contributed by atoms with van der Waals surface area (Å²) in [7, 11) is 1.66. The van der Waals surface area contributed by atoms with Crippen molar-refractivity contribution in [1.29, 1.82) is 0 Å². The minimum Gasteiger partial charge on any atom is -0.496 e. The van der Waals surface area contributed by atoms with Crippen LogP contribution in [0.2, 0.25) is 0 Å². The van der Waals surface area contributed by atoms with Crippen molar-refractivity contribution in [3.63, 3.8) is 0 Å². The van der Waals surface area contributed by atoms with Crippen molar-refractivity contribution in [1.82, 2.24) is 19.6 Å². The van der Waals surface area contributed by atoms with E-state index in [1.54, 1.807) is 7.11 Å². The zero-order valence-corrected chi connectivity index (χ0v) is 16.8. The number of para-hydroxylation sites is 1. The number of methoxy groups -OCH3 is 1. The first-order chi connectivity index (χ1) is 14.7. The van der Waals surface area contributed by atoms with E-state index in [-0.39, 0.29) is 0 Å². The summed E-state index contributed by atoms with van der Waals surface area (Å²) in [6.07, 6.45) is 0. The summed E-state index contributed by atoms with van der Waals surface area (Å²) in [6.45, 7) is 2.71. The van der Waals surface area contributed by atoms with Crippen molar-refractivity contribution in [3.05, 3.63) is 83.9 Å². The summed E-state index contributed by atoms with van der Waals surface area (Å²) >= 11 is 0. The number of benzene rings is 3. The van der Waals surface area contributed by atoms with Crippen LogP contribution in [-0.4, -0.2) is 26.7 Å². The molecule has 30 heavy (non-hydrogen) atoms. The summed E-state index contributed by atoms with van der Waals surface area (Å²) < 4.78 is 7.55. The molecule has 0 spiro atoms. The van der Waals surface area contributed by atoms with Gasteiger partial charge in [-0.25, -0.2) is 9.38 Å². The molecule has 2 heterocycles. The van der Waals surface area contributed by atoms with Gasteiger partial charge in [0.2, 0.25) is 5.95 Å². The maximum Gasteiger partial charge on any atom is 0.211 e. The Morgan fingerprint density at radius 3 is 2.57 bits per heavy atom. The van der Waals surface area contributed by atoms with Crippen LogP contribution in [0.4, 0.5) is 5.95 Å². The van der Waals surface area contributed by atoms with Crippen LogP contribution >= 0.6 is 0 Å². The van der Waals surface area contributed by atoms with Crippen molar-refractivity contribution in [2.24, 2.45) is 0 Å². The molecule has 6 nitrogen and oxygen atoms in total. The Balaban J connectivity index is 1.73. The molecule has 0 unspecified atom stereocenters. The molecule has 0 bridgehead atoms. The highest BCUT2D eigenvalue weighted by atomic mass is 16.5. The Morgan fingerprint density at radius 1 is 0.933 bits per heavy atom. The fourth-order valence-corrected chi connectivity index (χ4v) is 3.65. The van der Waals surface area contributed by atoms with Gasteiger partial charge in [-0.15, -0.1) is 10.2 Å². The van der Waals surface area contributed by atoms with Gasteiger partial charge in [-0.1, -0.05) is 54.1 Å². The topological polar surface area (TPSA) is 64.3 Å².